The Balaban J connectivity index is 1.99. The molecule has 0 saturated heterocycles. The largest absolute Gasteiger partial charge is 0.261 e. The third kappa shape index (κ3) is 2.99. The highest BCUT2D eigenvalue weighted by Gasteiger charge is 1.99. The number of aromatic nitrogens is 3. The van der Waals surface area contributed by atoms with Gasteiger partial charge in [0.2, 0.25) is 0 Å². The quantitative estimate of drug-likeness (QED) is 0.744. The minimum absolute atomic E-state index is 0.487. The van der Waals surface area contributed by atoms with E-state index in [1.165, 1.54) is 0 Å². The fourth-order valence-electron chi connectivity index (χ4n) is 1.28. The summed E-state index contributed by atoms with van der Waals surface area (Å²) in [4.78, 5) is 12.5. The van der Waals surface area contributed by atoms with Crippen LogP contribution < -0.4 is 0 Å². The summed E-state index contributed by atoms with van der Waals surface area (Å²) in [5.74, 6) is 0.758. The molecule has 0 aliphatic heterocycles. The molecule has 0 radical (unpaired) electrons. The zero-order valence-corrected chi connectivity index (χ0v) is 8.85. The van der Waals surface area contributed by atoms with Gasteiger partial charge in [0.15, 0.2) is 0 Å². The Hall–Kier alpha value is -1.48. The molecule has 0 unspecified atom stereocenters. The second-order valence-corrected chi connectivity index (χ2v) is 3.50. The van der Waals surface area contributed by atoms with Crippen molar-refractivity contribution in [3.05, 3.63) is 53.3 Å². The van der Waals surface area contributed by atoms with Gasteiger partial charge in [0.05, 0.1) is 0 Å². The fourth-order valence-corrected chi connectivity index (χ4v) is 1.43. The standard InChI is InChI=1S/C11H10ClN3/c12-10-6-8-14-11(15-10)5-4-9-3-1-2-7-13-9/h1-3,6-8H,4-5H2. The highest BCUT2D eigenvalue weighted by atomic mass is 35.5. The summed E-state index contributed by atoms with van der Waals surface area (Å²) < 4.78 is 0. The number of pyridine rings is 1. The molecule has 3 nitrogen and oxygen atoms in total. The van der Waals surface area contributed by atoms with Crippen molar-refractivity contribution in [1.82, 2.24) is 15.0 Å². The molecule has 2 aromatic heterocycles. The summed E-state index contributed by atoms with van der Waals surface area (Å²) in [5.41, 5.74) is 1.04. The third-order valence-corrected chi connectivity index (χ3v) is 2.21. The van der Waals surface area contributed by atoms with Crippen LogP contribution in [-0.4, -0.2) is 15.0 Å². The molecule has 2 heterocycles. The van der Waals surface area contributed by atoms with Crippen LogP contribution in [0.15, 0.2) is 36.7 Å². The predicted molar refractivity (Wildman–Crippen MR) is 58.7 cm³/mol. The van der Waals surface area contributed by atoms with Crippen LogP contribution in [0, 0.1) is 0 Å². The Morgan fingerprint density at radius 1 is 1.00 bits per heavy atom. The number of halogens is 1. The molecule has 0 saturated carbocycles. The van der Waals surface area contributed by atoms with Gasteiger partial charge in [0, 0.05) is 24.5 Å². The van der Waals surface area contributed by atoms with E-state index in [1.807, 2.05) is 18.2 Å². The number of hydrogen-bond donors (Lipinski definition) is 0. The molecule has 15 heavy (non-hydrogen) atoms. The Morgan fingerprint density at radius 3 is 2.67 bits per heavy atom. The monoisotopic (exact) mass is 219 g/mol. The molecule has 0 fully saturated rings. The number of hydrogen-bond acceptors (Lipinski definition) is 3. The Bertz CT molecular complexity index is 431. The minimum atomic E-state index is 0.487. The number of aryl methyl sites for hydroxylation is 2. The van der Waals surface area contributed by atoms with Crippen LogP contribution in [-0.2, 0) is 12.8 Å². The van der Waals surface area contributed by atoms with Crippen molar-refractivity contribution in [3.63, 3.8) is 0 Å². The molecular formula is C11H10ClN3. The maximum absolute atomic E-state index is 5.76. The van der Waals surface area contributed by atoms with Crippen molar-refractivity contribution in [2.75, 3.05) is 0 Å². The second kappa shape index (κ2) is 4.84. The third-order valence-electron chi connectivity index (χ3n) is 2.00. The molecule has 0 aliphatic rings. The maximum atomic E-state index is 5.76. The maximum Gasteiger partial charge on any atom is 0.132 e. The Kier molecular flexibility index (Phi) is 3.25. The van der Waals surface area contributed by atoms with Crippen LogP contribution in [0.25, 0.3) is 0 Å². The lowest BCUT2D eigenvalue weighted by Crippen LogP contribution is -1.98. The van der Waals surface area contributed by atoms with Crippen molar-refractivity contribution in [3.8, 4) is 0 Å². The molecule has 0 amide bonds. The van der Waals surface area contributed by atoms with Crippen molar-refractivity contribution in [2.45, 2.75) is 12.8 Å². The molecule has 0 aromatic carbocycles. The summed E-state index contributed by atoms with van der Waals surface area (Å²) in [7, 11) is 0. The molecule has 0 aliphatic carbocycles. The van der Waals surface area contributed by atoms with E-state index in [9.17, 15) is 0 Å². The topological polar surface area (TPSA) is 38.7 Å². The highest BCUT2D eigenvalue weighted by Crippen LogP contribution is 2.05. The van der Waals surface area contributed by atoms with Gasteiger partial charge in [-0.3, -0.25) is 4.98 Å². The molecule has 2 aromatic rings. The molecule has 0 atom stereocenters. The van der Waals surface area contributed by atoms with E-state index in [0.717, 1.165) is 24.4 Å². The van der Waals surface area contributed by atoms with Crippen LogP contribution in [0.5, 0.6) is 0 Å². The van der Waals surface area contributed by atoms with Crippen molar-refractivity contribution in [1.29, 1.82) is 0 Å². The van der Waals surface area contributed by atoms with Crippen molar-refractivity contribution in [2.24, 2.45) is 0 Å². The summed E-state index contributed by atoms with van der Waals surface area (Å²) >= 11 is 5.76. The zero-order valence-electron chi connectivity index (χ0n) is 8.10. The average Bonchev–Trinajstić information content (AvgIpc) is 2.28. The molecular weight excluding hydrogens is 210 g/mol. The van der Waals surface area contributed by atoms with Gasteiger partial charge >= 0.3 is 0 Å². The van der Waals surface area contributed by atoms with E-state index < -0.39 is 0 Å². The van der Waals surface area contributed by atoms with Gasteiger partial charge in [-0.25, -0.2) is 9.97 Å². The van der Waals surface area contributed by atoms with E-state index in [2.05, 4.69) is 15.0 Å². The first-order chi connectivity index (χ1) is 7.34. The van der Waals surface area contributed by atoms with Crippen LogP contribution in [0.4, 0.5) is 0 Å². The fraction of sp³-hybridized carbons (Fsp3) is 0.182. The lowest BCUT2D eigenvalue weighted by molar-refractivity contribution is 0.836. The normalized spacial score (nSPS) is 10.2. The summed E-state index contributed by atoms with van der Waals surface area (Å²) in [6.07, 6.45) is 5.05. The molecule has 4 heteroatoms. The summed E-state index contributed by atoms with van der Waals surface area (Å²) in [6.45, 7) is 0. The smallest absolute Gasteiger partial charge is 0.132 e. The van der Waals surface area contributed by atoms with Gasteiger partial charge in [-0.05, 0) is 24.6 Å². The number of rotatable bonds is 3. The first-order valence-electron chi connectivity index (χ1n) is 4.72. The predicted octanol–water partition coefficient (Wildman–Crippen LogP) is 2.31. The highest BCUT2D eigenvalue weighted by molar-refractivity contribution is 6.29. The van der Waals surface area contributed by atoms with Crippen LogP contribution in [0.3, 0.4) is 0 Å². The average molecular weight is 220 g/mol. The van der Waals surface area contributed by atoms with E-state index in [4.69, 9.17) is 11.6 Å². The molecule has 0 N–H and O–H groups in total. The summed E-state index contributed by atoms with van der Waals surface area (Å²) in [5, 5.41) is 0.487. The van der Waals surface area contributed by atoms with E-state index >= 15 is 0 Å². The SMILES string of the molecule is Clc1ccnc(CCc2ccccn2)n1. The van der Waals surface area contributed by atoms with Gasteiger partial charge in [0.1, 0.15) is 11.0 Å². The van der Waals surface area contributed by atoms with Crippen LogP contribution in [0.2, 0.25) is 5.15 Å². The van der Waals surface area contributed by atoms with Gasteiger partial charge in [-0.2, -0.15) is 0 Å². The van der Waals surface area contributed by atoms with Crippen molar-refractivity contribution < 1.29 is 0 Å². The first-order valence-corrected chi connectivity index (χ1v) is 5.10. The molecule has 76 valence electrons. The first kappa shape index (κ1) is 10.1. The van der Waals surface area contributed by atoms with Gasteiger partial charge < -0.3 is 0 Å². The van der Waals surface area contributed by atoms with Crippen molar-refractivity contribution >= 4 is 11.6 Å². The second-order valence-electron chi connectivity index (χ2n) is 3.12. The minimum Gasteiger partial charge on any atom is -0.261 e. The Morgan fingerprint density at radius 2 is 1.93 bits per heavy atom. The summed E-state index contributed by atoms with van der Waals surface area (Å²) in [6, 6.07) is 7.54. The molecule has 2 rings (SSSR count). The van der Waals surface area contributed by atoms with Gasteiger partial charge in [0.25, 0.3) is 0 Å². The van der Waals surface area contributed by atoms with E-state index in [1.54, 1.807) is 18.5 Å². The lowest BCUT2D eigenvalue weighted by atomic mass is 10.2. The van der Waals surface area contributed by atoms with E-state index in [0.29, 0.717) is 5.15 Å². The van der Waals surface area contributed by atoms with Gasteiger partial charge in [-0.1, -0.05) is 17.7 Å². The molecule has 0 spiro atoms. The van der Waals surface area contributed by atoms with E-state index in [-0.39, 0.29) is 0 Å². The van der Waals surface area contributed by atoms with Crippen LogP contribution in [0.1, 0.15) is 11.5 Å². The number of nitrogens with zero attached hydrogens (tertiary/aromatic N) is 3. The van der Waals surface area contributed by atoms with Gasteiger partial charge in [-0.15, -0.1) is 0 Å². The van der Waals surface area contributed by atoms with Crippen LogP contribution >= 0.6 is 11.6 Å². The zero-order chi connectivity index (χ0) is 10.5. The Labute approximate surface area is 93.2 Å². The molecule has 0 bridgehead atoms. The lowest BCUT2D eigenvalue weighted by Gasteiger charge is -1.99.